The highest BCUT2D eigenvalue weighted by Gasteiger charge is 2.02. The van der Waals surface area contributed by atoms with E-state index < -0.39 is 0 Å². The lowest BCUT2D eigenvalue weighted by Crippen LogP contribution is -2.38. The summed E-state index contributed by atoms with van der Waals surface area (Å²) in [7, 11) is 0. The minimum atomic E-state index is -0.344. The van der Waals surface area contributed by atoms with Crippen LogP contribution in [0.5, 0.6) is 11.6 Å². The van der Waals surface area contributed by atoms with Crippen LogP contribution in [0.4, 0.5) is 4.39 Å². The summed E-state index contributed by atoms with van der Waals surface area (Å²) in [4.78, 5) is 8.85. The minimum absolute atomic E-state index is 0. The second-order valence-electron chi connectivity index (χ2n) is 6.11. The summed E-state index contributed by atoms with van der Waals surface area (Å²) >= 11 is 0. The number of ether oxygens (including phenoxy) is 1. The second-order valence-corrected chi connectivity index (χ2v) is 6.11. The van der Waals surface area contributed by atoms with E-state index in [0.717, 1.165) is 31.2 Å². The average Bonchev–Trinajstić information content (AvgIpc) is 3.21. The molecule has 0 amide bonds. The first-order valence-corrected chi connectivity index (χ1v) is 9.24. The number of pyridine rings is 1. The van der Waals surface area contributed by atoms with Gasteiger partial charge in [0.05, 0.1) is 6.54 Å². The van der Waals surface area contributed by atoms with Crippen LogP contribution in [0.1, 0.15) is 12.5 Å². The molecule has 0 aliphatic rings. The maximum Gasteiger partial charge on any atom is 0.219 e. The molecule has 0 fully saturated rings. The predicted octanol–water partition coefficient (Wildman–Crippen LogP) is 4.19. The van der Waals surface area contributed by atoms with Gasteiger partial charge in [-0.15, -0.1) is 24.0 Å². The SMILES string of the molecule is CCNC(=NCc1ccc(Oc2cccc(F)c2)nc1)NCCn1cccc1.I. The molecule has 3 rings (SSSR count). The fraction of sp³-hybridized carbons (Fsp3) is 0.238. The zero-order chi connectivity index (χ0) is 19.6. The highest BCUT2D eigenvalue weighted by molar-refractivity contribution is 14.0. The van der Waals surface area contributed by atoms with Crippen molar-refractivity contribution in [3.05, 3.63) is 78.5 Å². The van der Waals surface area contributed by atoms with Crippen molar-refractivity contribution in [2.75, 3.05) is 13.1 Å². The van der Waals surface area contributed by atoms with Crippen LogP contribution in [0.15, 0.2) is 72.1 Å². The second kappa shape index (κ2) is 12.1. The van der Waals surface area contributed by atoms with Gasteiger partial charge in [-0.05, 0) is 36.8 Å². The van der Waals surface area contributed by atoms with Gasteiger partial charge in [-0.2, -0.15) is 0 Å². The summed E-state index contributed by atoms with van der Waals surface area (Å²) in [5, 5.41) is 6.55. The smallest absolute Gasteiger partial charge is 0.219 e. The van der Waals surface area contributed by atoms with E-state index in [1.807, 2.05) is 37.5 Å². The van der Waals surface area contributed by atoms with Crippen molar-refractivity contribution in [3.8, 4) is 11.6 Å². The largest absolute Gasteiger partial charge is 0.439 e. The van der Waals surface area contributed by atoms with Crippen LogP contribution in [-0.2, 0) is 13.1 Å². The Kier molecular flexibility index (Phi) is 9.42. The first-order valence-electron chi connectivity index (χ1n) is 9.24. The molecule has 1 aromatic carbocycles. The molecule has 2 N–H and O–H groups in total. The standard InChI is InChI=1S/C21H24FN5O.HI/c1-2-23-21(24-10-13-27-11-3-4-12-27)26-16-17-8-9-20(25-15-17)28-19-7-5-6-18(22)14-19;/h3-9,11-12,14-15H,2,10,13,16H2,1H3,(H2,23,24,26);1H. The topological polar surface area (TPSA) is 63.5 Å². The van der Waals surface area contributed by atoms with Crippen molar-refractivity contribution >= 4 is 29.9 Å². The molecular formula is C21H25FIN5O. The molecule has 2 heterocycles. The van der Waals surface area contributed by atoms with Gasteiger partial charge in [-0.25, -0.2) is 14.4 Å². The monoisotopic (exact) mass is 509 g/mol. The molecular weight excluding hydrogens is 484 g/mol. The summed E-state index contributed by atoms with van der Waals surface area (Å²) in [6.45, 7) is 4.95. The minimum Gasteiger partial charge on any atom is -0.439 e. The highest BCUT2D eigenvalue weighted by atomic mass is 127. The molecule has 29 heavy (non-hydrogen) atoms. The van der Waals surface area contributed by atoms with Crippen LogP contribution in [0.25, 0.3) is 0 Å². The van der Waals surface area contributed by atoms with Crippen molar-refractivity contribution in [3.63, 3.8) is 0 Å². The molecule has 8 heteroatoms. The van der Waals surface area contributed by atoms with E-state index in [4.69, 9.17) is 4.74 Å². The van der Waals surface area contributed by atoms with Gasteiger partial charge in [0, 0.05) is 50.4 Å². The molecule has 0 saturated carbocycles. The normalized spacial score (nSPS) is 10.9. The van der Waals surface area contributed by atoms with E-state index in [0.29, 0.717) is 18.2 Å². The van der Waals surface area contributed by atoms with Crippen molar-refractivity contribution < 1.29 is 9.13 Å². The van der Waals surface area contributed by atoms with Crippen molar-refractivity contribution in [2.24, 2.45) is 4.99 Å². The quantitative estimate of drug-likeness (QED) is 0.272. The summed E-state index contributed by atoms with van der Waals surface area (Å²) in [6, 6.07) is 13.6. The summed E-state index contributed by atoms with van der Waals surface area (Å²) in [5.41, 5.74) is 0.953. The van der Waals surface area contributed by atoms with Crippen LogP contribution >= 0.6 is 24.0 Å². The number of guanidine groups is 1. The van der Waals surface area contributed by atoms with Crippen molar-refractivity contribution in [2.45, 2.75) is 20.0 Å². The van der Waals surface area contributed by atoms with Crippen LogP contribution < -0.4 is 15.4 Å². The average molecular weight is 509 g/mol. The number of hydrogen-bond donors (Lipinski definition) is 2. The molecule has 0 radical (unpaired) electrons. The van der Waals surface area contributed by atoms with E-state index in [2.05, 4.69) is 25.2 Å². The summed E-state index contributed by atoms with van der Waals surface area (Å²) in [6.07, 6.45) is 5.78. The Morgan fingerprint density at radius 3 is 2.66 bits per heavy atom. The lowest BCUT2D eigenvalue weighted by Gasteiger charge is -2.12. The van der Waals surface area contributed by atoms with Gasteiger partial charge >= 0.3 is 0 Å². The molecule has 3 aromatic rings. The van der Waals surface area contributed by atoms with Crippen LogP contribution in [-0.4, -0.2) is 28.6 Å². The molecule has 0 spiro atoms. The molecule has 0 saturated heterocycles. The molecule has 154 valence electrons. The number of nitrogens with one attached hydrogen (secondary N) is 2. The number of halogens is 2. The maximum atomic E-state index is 13.2. The first-order chi connectivity index (χ1) is 13.7. The van der Waals surface area contributed by atoms with Gasteiger partial charge in [0.2, 0.25) is 5.88 Å². The maximum absolute atomic E-state index is 13.2. The third kappa shape index (κ3) is 7.72. The van der Waals surface area contributed by atoms with Crippen LogP contribution in [0.2, 0.25) is 0 Å². The molecule has 0 aliphatic heterocycles. The van der Waals surface area contributed by atoms with Gasteiger partial charge in [0.25, 0.3) is 0 Å². The number of aromatic nitrogens is 2. The zero-order valence-corrected chi connectivity index (χ0v) is 18.5. The van der Waals surface area contributed by atoms with Crippen molar-refractivity contribution in [1.29, 1.82) is 0 Å². The van der Waals surface area contributed by atoms with E-state index >= 15 is 0 Å². The lowest BCUT2D eigenvalue weighted by atomic mass is 10.3. The third-order valence-electron chi connectivity index (χ3n) is 3.91. The first kappa shape index (κ1) is 22.7. The number of nitrogens with zero attached hydrogens (tertiary/aromatic N) is 3. The fourth-order valence-corrected chi connectivity index (χ4v) is 2.55. The van der Waals surface area contributed by atoms with E-state index in [-0.39, 0.29) is 29.8 Å². The third-order valence-corrected chi connectivity index (χ3v) is 3.91. The summed E-state index contributed by atoms with van der Waals surface area (Å²) < 4.78 is 20.9. The summed E-state index contributed by atoms with van der Waals surface area (Å²) in [5.74, 6) is 1.24. The number of aliphatic imine (C=N–C) groups is 1. The number of rotatable bonds is 8. The Morgan fingerprint density at radius 2 is 1.97 bits per heavy atom. The zero-order valence-electron chi connectivity index (χ0n) is 16.2. The van der Waals surface area contributed by atoms with Gasteiger partial charge in [0.1, 0.15) is 11.6 Å². The van der Waals surface area contributed by atoms with E-state index in [9.17, 15) is 4.39 Å². The molecule has 0 bridgehead atoms. The molecule has 0 unspecified atom stereocenters. The Morgan fingerprint density at radius 1 is 1.14 bits per heavy atom. The number of benzene rings is 1. The van der Waals surface area contributed by atoms with Crippen LogP contribution in [0, 0.1) is 5.82 Å². The van der Waals surface area contributed by atoms with Crippen molar-refractivity contribution in [1.82, 2.24) is 20.2 Å². The molecule has 0 aliphatic carbocycles. The molecule has 2 aromatic heterocycles. The Balaban J connectivity index is 0.00000300. The lowest BCUT2D eigenvalue weighted by molar-refractivity contribution is 0.457. The Hall–Kier alpha value is -2.62. The van der Waals surface area contributed by atoms with Gasteiger partial charge < -0.3 is 19.9 Å². The molecule has 6 nitrogen and oxygen atoms in total. The van der Waals surface area contributed by atoms with Gasteiger partial charge in [-0.1, -0.05) is 12.1 Å². The number of hydrogen-bond acceptors (Lipinski definition) is 3. The highest BCUT2D eigenvalue weighted by Crippen LogP contribution is 2.20. The van der Waals surface area contributed by atoms with Gasteiger partial charge in [0.15, 0.2) is 5.96 Å². The molecule has 0 atom stereocenters. The van der Waals surface area contributed by atoms with E-state index in [1.165, 1.54) is 12.1 Å². The van der Waals surface area contributed by atoms with Crippen LogP contribution in [0.3, 0.4) is 0 Å². The fourth-order valence-electron chi connectivity index (χ4n) is 2.55. The predicted molar refractivity (Wildman–Crippen MR) is 123 cm³/mol. The van der Waals surface area contributed by atoms with Gasteiger partial charge in [-0.3, -0.25) is 0 Å². The Bertz CT molecular complexity index is 884. The Labute approximate surface area is 187 Å². The van der Waals surface area contributed by atoms with E-state index in [1.54, 1.807) is 24.4 Å².